The first-order valence-electron chi connectivity index (χ1n) is 6.89. The van der Waals surface area contributed by atoms with Crippen LogP contribution in [0, 0.1) is 0 Å². The molecule has 1 rings (SSSR count). The predicted octanol–water partition coefficient (Wildman–Crippen LogP) is 4.81. The van der Waals surface area contributed by atoms with Gasteiger partial charge in [-0.1, -0.05) is 43.4 Å². The first kappa shape index (κ1) is 16.5. The Morgan fingerprint density at radius 2 is 1.89 bits per heavy atom. The molecule has 0 bridgehead atoms. The highest BCUT2D eigenvalue weighted by molar-refractivity contribution is 7.99. The van der Waals surface area contributed by atoms with Crippen molar-refractivity contribution in [1.82, 2.24) is 0 Å². The van der Waals surface area contributed by atoms with Crippen LogP contribution in [-0.4, -0.2) is 25.0 Å². The molecule has 0 aromatic heterocycles. The van der Waals surface area contributed by atoms with E-state index in [1.54, 1.807) is 0 Å². The van der Waals surface area contributed by atoms with Gasteiger partial charge < -0.3 is 5.11 Å². The van der Waals surface area contributed by atoms with Crippen molar-refractivity contribution >= 4 is 19.8 Å². The molecule has 0 radical (unpaired) electrons. The van der Waals surface area contributed by atoms with Crippen molar-refractivity contribution in [3.05, 3.63) is 42.5 Å². The minimum absolute atomic E-state index is 0.236. The van der Waals surface area contributed by atoms with E-state index in [0.717, 1.165) is 24.6 Å². The minimum Gasteiger partial charge on any atom is -0.393 e. The van der Waals surface area contributed by atoms with Gasteiger partial charge >= 0.3 is 0 Å². The van der Waals surface area contributed by atoms with Gasteiger partial charge in [0.15, 0.2) is 0 Å². The van der Waals surface area contributed by atoms with Crippen molar-refractivity contribution in [2.45, 2.75) is 49.5 Å². The molecule has 0 saturated carbocycles. The molecule has 0 aliphatic carbocycles. The van der Waals surface area contributed by atoms with Crippen LogP contribution in [0.1, 0.15) is 12.8 Å². The maximum absolute atomic E-state index is 10.0. The molecule has 1 aromatic rings. The zero-order valence-electron chi connectivity index (χ0n) is 12.4. The van der Waals surface area contributed by atoms with E-state index in [4.69, 9.17) is 0 Å². The summed E-state index contributed by atoms with van der Waals surface area (Å²) in [6.45, 7) is 11.1. The molecule has 0 fully saturated rings. The maximum atomic E-state index is 10.0. The molecular formula is C16H26OSSi. The molecule has 1 aromatic carbocycles. The topological polar surface area (TPSA) is 20.2 Å². The van der Waals surface area contributed by atoms with Crippen LogP contribution in [0.3, 0.4) is 0 Å². The third-order valence-corrected chi connectivity index (χ3v) is 5.37. The average Bonchev–Trinajstić information content (AvgIpc) is 2.27. The van der Waals surface area contributed by atoms with Crippen molar-refractivity contribution in [3.8, 4) is 0 Å². The standard InChI is InChI=1S/C16H26OSSi/c1-14(13-19(2,3)4)12-15(17)10-11-18-16-8-6-5-7-9-16/h5-9,15,17H,1,10-13H2,2-4H3. The Morgan fingerprint density at radius 3 is 2.47 bits per heavy atom. The summed E-state index contributed by atoms with van der Waals surface area (Å²) in [5.74, 6) is 0.964. The van der Waals surface area contributed by atoms with Crippen molar-refractivity contribution < 1.29 is 5.11 Å². The number of hydrogen-bond donors (Lipinski definition) is 1. The van der Waals surface area contributed by atoms with Gasteiger partial charge in [-0.15, -0.1) is 18.3 Å². The van der Waals surface area contributed by atoms with Gasteiger partial charge in [-0.25, -0.2) is 0 Å². The van der Waals surface area contributed by atoms with Crippen molar-refractivity contribution in [1.29, 1.82) is 0 Å². The van der Waals surface area contributed by atoms with E-state index in [9.17, 15) is 5.11 Å². The molecule has 1 atom stereocenters. The zero-order chi connectivity index (χ0) is 14.3. The second-order valence-electron chi connectivity index (χ2n) is 6.30. The molecule has 0 amide bonds. The average molecular weight is 295 g/mol. The molecule has 1 nitrogen and oxygen atoms in total. The van der Waals surface area contributed by atoms with Crippen LogP contribution in [-0.2, 0) is 0 Å². The normalized spacial score (nSPS) is 13.3. The Labute approximate surface area is 123 Å². The fourth-order valence-corrected chi connectivity index (χ4v) is 4.71. The molecule has 0 saturated heterocycles. The summed E-state index contributed by atoms with van der Waals surface area (Å²) in [7, 11) is -1.09. The lowest BCUT2D eigenvalue weighted by Crippen LogP contribution is -2.21. The van der Waals surface area contributed by atoms with Gasteiger partial charge in [0.25, 0.3) is 0 Å². The number of benzene rings is 1. The largest absolute Gasteiger partial charge is 0.393 e. The monoisotopic (exact) mass is 294 g/mol. The molecule has 1 unspecified atom stereocenters. The highest BCUT2D eigenvalue weighted by Crippen LogP contribution is 2.22. The summed E-state index contributed by atoms with van der Waals surface area (Å²) in [4.78, 5) is 1.27. The number of hydrogen-bond acceptors (Lipinski definition) is 2. The number of rotatable bonds is 8. The third kappa shape index (κ3) is 8.29. The van der Waals surface area contributed by atoms with E-state index in [1.165, 1.54) is 10.5 Å². The van der Waals surface area contributed by atoms with E-state index >= 15 is 0 Å². The summed E-state index contributed by atoms with van der Waals surface area (Å²) < 4.78 is 0. The smallest absolute Gasteiger partial charge is 0.0585 e. The summed E-state index contributed by atoms with van der Waals surface area (Å²) in [6, 6.07) is 11.5. The van der Waals surface area contributed by atoms with Crippen LogP contribution >= 0.6 is 11.8 Å². The van der Waals surface area contributed by atoms with Gasteiger partial charge in [-0.2, -0.15) is 0 Å². The highest BCUT2D eigenvalue weighted by Gasteiger charge is 2.16. The number of aliphatic hydroxyl groups excluding tert-OH is 1. The van der Waals surface area contributed by atoms with Crippen LogP contribution < -0.4 is 0 Å². The van der Waals surface area contributed by atoms with E-state index in [0.29, 0.717) is 0 Å². The molecule has 19 heavy (non-hydrogen) atoms. The Kier molecular flexibility index (Phi) is 6.90. The first-order valence-corrected chi connectivity index (χ1v) is 11.6. The van der Waals surface area contributed by atoms with Crippen LogP contribution in [0.5, 0.6) is 0 Å². The molecule has 0 spiro atoms. The second kappa shape index (κ2) is 7.93. The Bertz CT molecular complexity index is 383. The molecule has 0 heterocycles. The van der Waals surface area contributed by atoms with E-state index < -0.39 is 8.07 Å². The lowest BCUT2D eigenvalue weighted by atomic mass is 10.1. The lowest BCUT2D eigenvalue weighted by Gasteiger charge is -2.19. The lowest BCUT2D eigenvalue weighted by molar-refractivity contribution is 0.172. The minimum atomic E-state index is -1.09. The van der Waals surface area contributed by atoms with E-state index in [1.807, 2.05) is 17.8 Å². The Hall–Kier alpha value is -0.513. The van der Waals surface area contributed by atoms with Gasteiger partial charge in [0, 0.05) is 18.7 Å². The van der Waals surface area contributed by atoms with Gasteiger partial charge in [0.05, 0.1) is 6.10 Å². The molecular weight excluding hydrogens is 268 g/mol. The van der Waals surface area contributed by atoms with Gasteiger partial charge in [0.2, 0.25) is 0 Å². The first-order chi connectivity index (χ1) is 8.87. The van der Waals surface area contributed by atoms with Crippen LogP contribution in [0.15, 0.2) is 47.4 Å². The van der Waals surface area contributed by atoms with Crippen LogP contribution in [0.2, 0.25) is 25.7 Å². The number of thioether (sulfide) groups is 1. The van der Waals surface area contributed by atoms with Gasteiger partial charge in [-0.05, 0) is 31.0 Å². The van der Waals surface area contributed by atoms with Crippen LogP contribution in [0.4, 0.5) is 0 Å². The van der Waals surface area contributed by atoms with E-state index in [-0.39, 0.29) is 6.10 Å². The molecule has 3 heteroatoms. The van der Waals surface area contributed by atoms with Gasteiger partial charge in [0.1, 0.15) is 0 Å². The van der Waals surface area contributed by atoms with Crippen LogP contribution in [0.25, 0.3) is 0 Å². The Morgan fingerprint density at radius 1 is 1.26 bits per heavy atom. The van der Waals surface area contributed by atoms with Gasteiger partial charge in [-0.3, -0.25) is 0 Å². The molecule has 0 aliphatic heterocycles. The van der Waals surface area contributed by atoms with Crippen molar-refractivity contribution in [2.24, 2.45) is 0 Å². The second-order valence-corrected chi connectivity index (χ2v) is 12.9. The third-order valence-electron chi connectivity index (χ3n) is 2.77. The predicted molar refractivity (Wildman–Crippen MR) is 89.7 cm³/mol. The highest BCUT2D eigenvalue weighted by atomic mass is 32.2. The summed E-state index contributed by atoms with van der Waals surface area (Å²) in [5, 5.41) is 10.0. The fraction of sp³-hybridized carbons (Fsp3) is 0.500. The fourth-order valence-electron chi connectivity index (χ4n) is 2.09. The number of aliphatic hydroxyl groups is 1. The maximum Gasteiger partial charge on any atom is 0.0585 e. The van der Waals surface area contributed by atoms with Crippen molar-refractivity contribution in [3.63, 3.8) is 0 Å². The Balaban J connectivity index is 2.21. The molecule has 0 aliphatic rings. The molecule has 106 valence electrons. The summed E-state index contributed by atoms with van der Waals surface area (Å²) >= 11 is 1.81. The SMILES string of the molecule is C=C(CC(O)CCSc1ccccc1)C[Si](C)(C)C. The van der Waals surface area contributed by atoms with Crippen molar-refractivity contribution in [2.75, 3.05) is 5.75 Å². The molecule has 1 N–H and O–H groups in total. The summed E-state index contributed by atoms with van der Waals surface area (Å²) in [5.41, 5.74) is 1.22. The quantitative estimate of drug-likeness (QED) is 0.421. The summed E-state index contributed by atoms with van der Waals surface area (Å²) in [6.07, 6.45) is 1.37. The zero-order valence-corrected chi connectivity index (χ0v) is 14.2. The van der Waals surface area contributed by atoms with E-state index in [2.05, 4.69) is 50.5 Å².